The van der Waals surface area contributed by atoms with Crippen molar-refractivity contribution >= 4 is 39.7 Å². The number of carbonyl (C=O) groups is 5. The Morgan fingerprint density at radius 1 is 0.961 bits per heavy atom. The highest BCUT2D eigenvalue weighted by Gasteiger charge is 2.46. The molecule has 1 saturated heterocycles. The Balaban J connectivity index is 2.43. The fourth-order valence-corrected chi connectivity index (χ4v) is 7.66. The third-order valence-electron chi connectivity index (χ3n) is 9.70. The highest BCUT2D eigenvalue weighted by molar-refractivity contribution is 7.86. The lowest BCUT2D eigenvalue weighted by Crippen LogP contribution is -2.61. The number of likely N-dealkylation sites (tertiary alicyclic amines) is 1. The summed E-state index contributed by atoms with van der Waals surface area (Å²) in [5.74, 6) is -3.01. The van der Waals surface area contributed by atoms with Gasteiger partial charge in [0.1, 0.15) is 12.1 Å². The second-order valence-corrected chi connectivity index (χ2v) is 17.6. The quantitative estimate of drug-likeness (QED) is 0.131. The van der Waals surface area contributed by atoms with Crippen molar-refractivity contribution in [1.29, 1.82) is 0 Å². The van der Waals surface area contributed by atoms with Crippen LogP contribution in [0.5, 0.6) is 0 Å². The third kappa shape index (κ3) is 12.4. The van der Waals surface area contributed by atoms with E-state index >= 15 is 0 Å². The van der Waals surface area contributed by atoms with Crippen molar-refractivity contribution in [1.82, 2.24) is 34.8 Å². The third-order valence-corrected chi connectivity index (χ3v) is 11.6. The summed E-state index contributed by atoms with van der Waals surface area (Å²) in [5, 5.41) is 11.2. The van der Waals surface area contributed by atoms with Gasteiger partial charge in [-0.25, -0.2) is 4.79 Å². The second kappa shape index (κ2) is 19.5. The number of ketones is 1. The highest BCUT2D eigenvalue weighted by Crippen LogP contribution is 2.32. The van der Waals surface area contributed by atoms with Crippen LogP contribution in [-0.2, 0) is 29.4 Å². The standard InChI is InChI=1S/C36H63N7O7S/c1-11-16-27(31(44)33(46)37-20-12-2)38-32(45)30-26(22-24(3)4)19-21-43(30)34(47)29(25-17-14-13-15-18-25)40-35(48)39-28(36(5,6)7)23-42(10)51(49,50)41(8)9/h12,22,25-30H,2,11,13-21,23H2,1,3-10H3,(H,37,46)(H,38,45)(H2,39,40,48)/t26-,27?,28-,29+,30+/m1/s1. The number of rotatable bonds is 17. The van der Waals surface area contributed by atoms with E-state index in [1.807, 2.05) is 47.6 Å². The van der Waals surface area contributed by atoms with Gasteiger partial charge >= 0.3 is 6.03 Å². The minimum absolute atomic E-state index is 0.00148. The van der Waals surface area contributed by atoms with Gasteiger partial charge in [-0.3, -0.25) is 19.2 Å². The number of urea groups is 1. The average Bonchev–Trinajstić information content (AvgIpc) is 3.47. The lowest BCUT2D eigenvalue weighted by atomic mass is 9.83. The number of Topliss-reactive ketones (excluding diaryl/α,β-unsaturated/α-hetero) is 1. The van der Waals surface area contributed by atoms with Gasteiger partial charge < -0.3 is 26.2 Å². The summed E-state index contributed by atoms with van der Waals surface area (Å²) in [4.78, 5) is 69.6. The van der Waals surface area contributed by atoms with Gasteiger partial charge in [0.25, 0.3) is 16.1 Å². The zero-order valence-electron chi connectivity index (χ0n) is 32.2. The molecule has 51 heavy (non-hydrogen) atoms. The summed E-state index contributed by atoms with van der Waals surface area (Å²) in [6.07, 6.45) is 8.94. The molecule has 4 N–H and O–H groups in total. The van der Waals surface area contributed by atoms with Crippen LogP contribution < -0.4 is 21.3 Å². The van der Waals surface area contributed by atoms with Gasteiger partial charge in [-0.05, 0) is 50.9 Å². The molecule has 5 atom stereocenters. The van der Waals surface area contributed by atoms with Crippen LogP contribution >= 0.6 is 0 Å². The van der Waals surface area contributed by atoms with E-state index in [9.17, 15) is 32.4 Å². The number of carbonyl (C=O) groups excluding carboxylic acids is 5. The Kier molecular flexibility index (Phi) is 16.8. The van der Waals surface area contributed by atoms with E-state index in [-0.39, 0.29) is 43.8 Å². The van der Waals surface area contributed by atoms with E-state index in [0.717, 1.165) is 42.0 Å². The molecule has 0 bridgehead atoms. The molecule has 0 spiro atoms. The largest absolute Gasteiger partial charge is 0.346 e. The maximum Gasteiger partial charge on any atom is 0.315 e. The van der Waals surface area contributed by atoms with Crippen molar-refractivity contribution in [2.75, 3.05) is 40.8 Å². The molecule has 1 unspecified atom stereocenters. The van der Waals surface area contributed by atoms with Gasteiger partial charge in [-0.1, -0.05) is 71.1 Å². The van der Waals surface area contributed by atoms with Gasteiger partial charge in [0, 0.05) is 52.7 Å². The molecule has 15 heteroatoms. The molecular weight excluding hydrogens is 675 g/mol. The van der Waals surface area contributed by atoms with E-state index in [1.165, 1.54) is 36.4 Å². The molecule has 0 aromatic carbocycles. The Morgan fingerprint density at radius 3 is 2.12 bits per heavy atom. The van der Waals surface area contributed by atoms with Crippen LogP contribution in [0.3, 0.4) is 0 Å². The SMILES string of the molecule is C=CCNC(=O)C(=O)C(CCC)NC(=O)[C@@H]1[C@@H](C=C(C)C)CCN1C(=O)[C@@H](NC(=O)N[C@H](CN(C)S(=O)(=O)N(C)C)C(C)(C)C)C1CCCCC1. The maximum absolute atomic E-state index is 14.6. The van der Waals surface area contributed by atoms with Crippen molar-refractivity contribution in [2.24, 2.45) is 17.3 Å². The van der Waals surface area contributed by atoms with Crippen LogP contribution in [0.1, 0.15) is 92.9 Å². The molecule has 1 aliphatic carbocycles. The molecule has 1 saturated carbocycles. The Morgan fingerprint density at radius 2 is 1.59 bits per heavy atom. The monoisotopic (exact) mass is 737 g/mol. The maximum atomic E-state index is 14.6. The zero-order valence-corrected chi connectivity index (χ0v) is 33.0. The average molecular weight is 738 g/mol. The number of nitrogens with zero attached hydrogens (tertiary/aromatic N) is 3. The molecular formula is C36H63N7O7S. The topological polar surface area (TPSA) is 177 Å². The molecule has 2 fully saturated rings. The predicted molar refractivity (Wildman–Crippen MR) is 199 cm³/mol. The number of hydrogen-bond donors (Lipinski definition) is 4. The van der Waals surface area contributed by atoms with Gasteiger partial charge in [-0.2, -0.15) is 17.0 Å². The van der Waals surface area contributed by atoms with Gasteiger partial charge in [0.05, 0.1) is 6.04 Å². The van der Waals surface area contributed by atoms with Crippen molar-refractivity contribution in [3.05, 3.63) is 24.3 Å². The van der Waals surface area contributed by atoms with Crippen molar-refractivity contribution in [3.8, 4) is 0 Å². The van der Waals surface area contributed by atoms with Gasteiger partial charge in [0.15, 0.2) is 0 Å². The van der Waals surface area contributed by atoms with Gasteiger partial charge in [0.2, 0.25) is 17.6 Å². The van der Waals surface area contributed by atoms with Gasteiger partial charge in [-0.15, -0.1) is 6.58 Å². The fraction of sp³-hybridized carbons (Fsp3) is 0.750. The number of allylic oxidation sites excluding steroid dienone is 1. The summed E-state index contributed by atoms with van der Waals surface area (Å²) < 4.78 is 27.9. The van der Waals surface area contributed by atoms with Crippen LogP contribution in [0.15, 0.2) is 24.3 Å². The van der Waals surface area contributed by atoms with E-state index < -0.39 is 63.4 Å². The molecule has 2 rings (SSSR count). The first-order chi connectivity index (χ1) is 23.8. The van der Waals surface area contributed by atoms with E-state index in [2.05, 4.69) is 27.8 Å². The van der Waals surface area contributed by atoms with E-state index in [0.29, 0.717) is 12.8 Å². The zero-order chi connectivity index (χ0) is 38.7. The fourth-order valence-electron chi connectivity index (χ4n) is 6.76. The number of likely N-dealkylation sites (N-methyl/N-ethyl adjacent to an activating group) is 1. The lowest BCUT2D eigenvalue weighted by molar-refractivity contribution is -0.143. The van der Waals surface area contributed by atoms with Crippen molar-refractivity contribution in [2.45, 2.75) is 117 Å². The molecule has 0 aromatic rings. The highest BCUT2D eigenvalue weighted by atomic mass is 32.2. The smallest absolute Gasteiger partial charge is 0.315 e. The summed E-state index contributed by atoms with van der Waals surface area (Å²) in [6, 6.07) is -4.18. The molecule has 5 amide bonds. The Bertz CT molecular complexity index is 1380. The molecule has 0 radical (unpaired) electrons. The first kappa shape index (κ1) is 43.9. The Hall–Kier alpha value is -3.30. The van der Waals surface area contributed by atoms with Crippen LogP contribution in [-0.4, -0.2) is 116 Å². The van der Waals surface area contributed by atoms with E-state index in [1.54, 1.807) is 0 Å². The molecule has 1 aliphatic heterocycles. The van der Waals surface area contributed by atoms with Crippen LogP contribution in [0.2, 0.25) is 0 Å². The van der Waals surface area contributed by atoms with Crippen LogP contribution in [0.4, 0.5) is 4.79 Å². The summed E-state index contributed by atoms with van der Waals surface area (Å²) >= 11 is 0. The first-order valence-electron chi connectivity index (χ1n) is 18.2. The summed E-state index contributed by atoms with van der Waals surface area (Å²) in [5.41, 5.74) is 0.426. The second-order valence-electron chi connectivity index (χ2n) is 15.4. The number of amides is 5. The molecule has 290 valence electrons. The summed E-state index contributed by atoms with van der Waals surface area (Å²) in [7, 11) is 0.590. The van der Waals surface area contributed by atoms with Crippen LogP contribution in [0, 0.1) is 17.3 Å². The molecule has 0 aromatic heterocycles. The minimum atomic E-state index is -3.74. The van der Waals surface area contributed by atoms with E-state index in [4.69, 9.17) is 0 Å². The van der Waals surface area contributed by atoms with Crippen molar-refractivity contribution in [3.63, 3.8) is 0 Å². The normalized spacial score (nSPS) is 20.3. The summed E-state index contributed by atoms with van der Waals surface area (Å²) in [6.45, 7) is 15.3. The lowest BCUT2D eigenvalue weighted by Gasteiger charge is -2.37. The van der Waals surface area contributed by atoms with Crippen LogP contribution in [0.25, 0.3) is 0 Å². The molecule has 1 heterocycles. The first-order valence-corrected chi connectivity index (χ1v) is 19.5. The number of nitrogens with one attached hydrogen (secondary N) is 4. The molecule has 14 nitrogen and oxygen atoms in total. The van der Waals surface area contributed by atoms with Crippen molar-refractivity contribution < 1.29 is 32.4 Å². The molecule has 2 aliphatic rings. The minimum Gasteiger partial charge on any atom is -0.346 e. The predicted octanol–water partition coefficient (Wildman–Crippen LogP) is 2.73. The number of hydrogen-bond acceptors (Lipinski definition) is 7. The Labute approximate surface area is 305 Å².